The Morgan fingerprint density at radius 3 is 2.25 bits per heavy atom. The number of nitrogens with one attached hydrogen (secondary N) is 2. The summed E-state index contributed by atoms with van der Waals surface area (Å²) in [7, 11) is 1.61. The van der Waals surface area contributed by atoms with Crippen LogP contribution in [0.25, 0.3) is 0 Å². The number of hydrogen-bond acceptors (Lipinski definition) is 3. The van der Waals surface area contributed by atoms with Gasteiger partial charge < -0.3 is 16.4 Å². The smallest absolute Gasteiger partial charge is 0.242 e. The van der Waals surface area contributed by atoms with Crippen molar-refractivity contribution in [2.45, 2.75) is 52.0 Å². The van der Waals surface area contributed by atoms with Crippen LogP contribution in [0, 0.1) is 17.8 Å². The minimum absolute atomic E-state index is 0.0229. The number of hydrogen-bond donors (Lipinski definition) is 3. The summed E-state index contributed by atoms with van der Waals surface area (Å²) in [6.45, 7) is 4.81. The molecular weight excluding hydrogens is 254 g/mol. The van der Waals surface area contributed by atoms with Gasteiger partial charge in [-0.05, 0) is 50.5 Å². The fourth-order valence-electron chi connectivity index (χ4n) is 2.83. The molecule has 1 aliphatic carbocycles. The number of nitrogens with two attached hydrogens (primary N) is 1. The summed E-state index contributed by atoms with van der Waals surface area (Å²) in [5, 5.41) is 5.54. The van der Waals surface area contributed by atoms with E-state index in [0.717, 1.165) is 25.7 Å². The third-order valence-corrected chi connectivity index (χ3v) is 4.14. The zero-order valence-corrected chi connectivity index (χ0v) is 12.9. The first kappa shape index (κ1) is 17.0. The molecule has 0 radical (unpaired) electrons. The summed E-state index contributed by atoms with van der Waals surface area (Å²) in [5.74, 6) is 0.879. The van der Waals surface area contributed by atoms with Gasteiger partial charge in [0.1, 0.15) is 6.04 Å². The molecule has 1 saturated carbocycles. The molecule has 0 saturated heterocycles. The molecule has 0 aromatic rings. The monoisotopic (exact) mass is 283 g/mol. The SMILES string of the molecule is CNC(=O)C(CC(C)C)NC(=O)C1CCC(CN)CC1. The van der Waals surface area contributed by atoms with Crippen molar-refractivity contribution in [2.75, 3.05) is 13.6 Å². The van der Waals surface area contributed by atoms with Gasteiger partial charge in [0, 0.05) is 13.0 Å². The van der Waals surface area contributed by atoms with Crippen LogP contribution in [-0.2, 0) is 9.59 Å². The lowest BCUT2D eigenvalue weighted by Gasteiger charge is -2.28. The van der Waals surface area contributed by atoms with Crippen molar-refractivity contribution in [3.8, 4) is 0 Å². The first-order valence-electron chi connectivity index (χ1n) is 7.69. The number of carbonyl (C=O) groups is 2. The average molecular weight is 283 g/mol. The highest BCUT2D eigenvalue weighted by Gasteiger charge is 2.28. The molecule has 116 valence electrons. The van der Waals surface area contributed by atoms with E-state index < -0.39 is 6.04 Å². The molecule has 4 N–H and O–H groups in total. The first-order valence-corrected chi connectivity index (χ1v) is 7.69. The van der Waals surface area contributed by atoms with Gasteiger partial charge in [0.15, 0.2) is 0 Å². The van der Waals surface area contributed by atoms with Gasteiger partial charge in [-0.1, -0.05) is 13.8 Å². The van der Waals surface area contributed by atoms with Crippen molar-refractivity contribution in [2.24, 2.45) is 23.5 Å². The Morgan fingerprint density at radius 1 is 1.20 bits per heavy atom. The lowest BCUT2D eigenvalue weighted by molar-refractivity contribution is -0.132. The van der Waals surface area contributed by atoms with Crippen LogP contribution in [0.2, 0.25) is 0 Å². The number of carbonyl (C=O) groups excluding carboxylic acids is 2. The van der Waals surface area contributed by atoms with Crippen molar-refractivity contribution in [3.05, 3.63) is 0 Å². The average Bonchev–Trinajstić information content (AvgIpc) is 2.45. The molecule has 1 aliphatic rings. The quantitative estimate of drug-likeness (QED) is 0.680. The van der Waals surface area contributed by atoms with Gasteiger partial charge in [-0.2, -0.15) is 0 Å². The van der Waals surface area contributed by atoms with Crippen molar-refractivity contribution >= 4 is 11.8 Å². The molecule has 2 amide bonds. The van der Waals surface area contributed by atoms with E-state index >= 15 is 0 Å². The Balaban J connectivity index is 2.51. The topological polar surface area (TPSA) is 84.2 Å². The maximum atomic E-state index is 12.3. The van der Waals surface area contributed by atoms with Crippen LogP contribution in [0.4, 0.5) is 0 Å². The Morgan fingerprint density at radius 2 is 1.80 bits per heavy atom. The molecule has 0 heterocycles. The summed E-state index contributed by atoms with van der Waals surface area (Å²) >= 11 is 0. The molecule has 0 aromatic carbocycles. The van der Waals surface area contributed by atoms with Gasteiger partial charge in [0.25, 0.3) is 0 Å². The molecule has 0 aromatic heterocycles. The van der Waals surface area contributed by atoms with E-state index in [0.29, 0.717) is 24.8 Å². The van der Waals surface area contributed by atoms with E-state index in [1.54, 1.807) is 7.05 Å². The predicted molar refractivity (Wildman–Crippen MR) is 80.0 cm³/mol. The number of likely N-dealkylation sites (N-methyl/N-ethyl adjacent to an activating group) is 1. The Bertz CT molecular complexity index is 323. The lowest BCUT2D eigenvalue weighted by Crippen LogP contribution is -2.48. The largest absolute Gasteiger partial charge is 0.357 e. The number of rotatable bonds is 6. The molecule has 0 bridgehead atoms. The molecule has 5 heteroatoms. The highest BCUT2D eigenvalue weighted by Crippen LogP contribution is 2.28. The highest BCUT2D eigenvalue weighted by molar-refractivity contribution is 5.88. The Labute approximate surface area is 122 Å². The van der Waals surface area contributed by atoms with Gasteiger partial charge in [-0.25, -0.2) is 0 Å². The fourth-order valence-corrected chi connectivity index (χ4v) is 2.83. The van der Waals surface area contributed by atoms with Gasteiger partial charge in [-0.15, -0.1) is 0 Å². The first-order chi connectivity index (χ1) is 9.47. The third-order valence-electron chi connectivity index (χ3n) is 4.14. The normalized spacial score (nSPS) is 24.2. The third kappa shape index (κ3) is 5.12. The second kappa shape index (κ2) is 8.25. The second-order valence-corrected chi connectivity index (χ2v) is 6.26. The molecule has 0 spiro atoms. The van der Waals surface area contributed by atoms with Crippen LogP contribution in [0.3, 0.4) is 0 Å². The summed E-state index contributed by atoms with van der Waals surface area (Å²) in [6.07, 6.45) is 4.47. The van der Waals surface area contributed by atoms with Gasteiger partial charge in [0.05, 0.1) is 0 Å². The van der Waals surface area contributed by atoms with Crippen LogP contribution in [0.15, 0.2) is 0 Å². The van der Waals surface area contributed by atoms with Crippen molar-refractivity contribution in [1.82, 2.24) is 10.6 Å². The van der Waals surface area contributed by atoms with Gasteiger partial charge >= 0.3 is 0 Å². The maximum Gasteiger partial charge on any atom is 0.242 e. The summed E-state index contributed by atoms with van der Waals surface area (Å²) in [5.41, 5.74) is 5.66. The zero-order chi connectivity index (χ0) is 15.1. The molecule has 20 heavy (non-hydrogen) atoms. The van der Waals surface area contributed by atoms with E-state index in [9.17, 15) is 9.59 Å². The molecule has 0 aliphatic heterocycles. The van der Waals surface area contributed by atoms with E-state index in [2.05, 4.69) is 24.5 Å². The highest BCUT2D eigenvalue weighted by atomic mass is 16.2. The van der Waals surface area contributed by atoms with Crippen LogP contribution in [0.5, 0.6) is 0 Å². The minimum atomic E-state index is -0.417. The number of amides is 2. The van der Waals surface area contributed by atoms with Gasteiger partial charge in [0.2, 0.25) is 11.8 Å². The van der Waals surface area contributed by atoms with Crippen molar-refractivity contribution < 1.29 is 9.59 Å². The van der Waals surface area contributed by atoms with Crippen LogP contribution < -0.4 is 16.4 Å². The van der Waals surface area contributed by atoms with E-state index in [1.165, 1.54) is 0 Å². The summed E-state index contributed by atoms with van der Waals surface area (Å²) in [4.78, 5) is 24.1. The van der Waals surface area contributed by atoms with Crippen molar-refractivity contribution in [1.29, 1.82) is 0 Å². The molecule has 1 rings (SSSR count). The Hall–Kier alpha value is -1.10. The Kier molecular flexibility index (Phi) is 6.99. The van der Waals surface area contributed by atoms with E-state index in [1.807, 2.05) is 0 Å². The molecule has 5 nitrogen and oxygen atoms in total. The zero-order valence-electron chi connectivity index (χ0n) is 12.9. The van der Waals surface area contributed by atoms with E-state index in [-0.39, 0.29) is 17.7 Å². The standard InChI is InChI=1S/C15H29N3O2/c1-10(2)8-13(15(20)17-3)18-14(19)12-6-4-11(9-16)5-7-12/h10-13H,4-9,16H2,1-3H3,(H,17,20)(H,18,19). The van der Waals surface area contributed by atoms with E-state index in [4.69, 9.17) is 5.73 Å². The predicted octanol–water partition coefficient (Wildman–Crippen LogP) is 1.03. The summed E-state index contributed by atoms with van der Waals surface area (Å²) < 4.78 is 0. The van der Waals surface area contributed by atoms with Crippen LogP contribution in [-0.4, -0.2) is 31.4 Å². The molecular formula is C15H29N3O2. The van der Waals surface area contributed by atoms with Crippen LogP contribution in [0.1, 0.15) is 46.0 Å². The minimum Gasteiger partial charge on any atom is -0.357 e. The molecule has 1 unspecified atom stereocenters. The fraction of sp³-hybridized carbons (Fsp3) is 0.867. The lowest BCUT2D eigenvalue weighted by atomic mass is 9.81. The second-order valence-electron chi connectivity index (χ2n) is 6.26. The maximum absolute atomic E-state index is 12.3. The molecule has 1 atom stereocenters. The van der Waals surface area contributed by atoms with Gasteiger partial charge in [-0.3, -0.25) is 9.59 Å². The molecule has 1 fully saturated rings. The summed E-state index contributed by atoms with van der Waals surface area (Å²) in [6, 6.07) is -0.417. The van der Waals surface area contributed by atoms with Crippen LogP contribution >= 0.6 is 0 Å². The van der Waals surface area contributed by atoms with Crippen molar-refractivity contribution in [3.63, 3.8) is 0 Å².